The average Bonchev–Trinajstić information content (AvgIpc) is 1.62. The Morgan fingerprint density at radius 3 is 1.60 bits per heavy atom. The van der Waals surface area contributed by atoms with Crippen molar-refractivity contribution in [3.8, 4) is 0 Å². The van der Waals surface area contributed by atoms with E-state index in [1.54, 1.807) is 0 Å². The van der Waals surface area contributed by atoms with Crippen molar-refractivity contribution in [1.82, 2.24) is 0 Å². The molecule has 0 aliphatic rings. The van der Waals surface area contributed by atoms with E-state index in [9.17, 15) is 0 Å². The first-order chi connectivity index (χ1) is 3.48. The predicted octanol–water partition coefficient (Wildman–Crippen LogP) is 2.83. The molecule has 0 rings (SSSR count). The summed E-state index contributed by atoms with van der Waals surface area (Å²) in [5, 5.41) is 0. The molecule has 0 aliphatic heterocycles. The maximum absolute atomic E-state index is 7.06. The molecule has 0 aromatic heterocycles. The van der Waals surface area contributed by atoms with Crippen LogP contribution in [-0.4, -0.2) is 6.54 Å². The van der Waals surface area contributed by atoms with Gasteiger partial charge in [-0.15, -0.1) is 6.54 Å². The molecule has 1 atom stereocenters. The summed E-state index contributed by atoms with van der Waals surface area (Å²) in [4.78, 5) is 0. The Bertz CT molecular complexity index is 70.5. The van der Waals surface area contributed by atoms with Gasteiger partial charge in [-0.3, -0.25) is 0 Å². The molecule has 0 unspecified atom stereocenters. The number of rotatable bonds is 1. The van der Waals surface area contributed by atoms with Crippen LogP contribution in [0.5, 0.6) is 0 Å². The van der Waals surface area contributed by atoms with E-state index in [1.807, 2.05) is 0 Å². The molecule has 3 heteroatoms. The fourth-order valence-electron chi connectivity index (χ4n) is 0.306. The van der Waals surface area contributed by atoms with Crippen LogP contribution >= 0.6 is 13.5 Å². The second-order valence-corrected chi connectivity index (χ2v) is 3.47. The van der Waals surface area contributed by atoms with Crippen molar-refractivity contribution < 1.29 is 44.1 Å². The number of hydrogen-bond donors (Lipinski definition) is 0. The summed E-state index contributed by atoms with van der Waals surface area (Å²) < 4.78 is 0. The molecule has 0 spiro atoms. The van der Waals surface area contributed by atoms with Crippen LogP contribution in [0.3, 0.4) is 0 Å². The maximum atomic E-state index is 7.06. The molecular formula is C7H18AcNS-. The second kappa shape index (κ2) is 7.40. The Morgan fingerprint density at radius 2 is 1.60 bits per heavy atom. The van der Waals surface area contributed by atoms with E-state index in [1.165, 1.54) is 0 Å². The molecule has 0 aliphatic carbocycles. The van der Waals surface area contributed by atoms with Gasteiger partial charge >= 0.3 is 0 Å². The third-order valence-corrected chi connectivity index (χ3v) is 1.78. The first-order valence-corrected chi connectivity index (χ1v) is 3.13. The summed E-state index contributed by atoms with van der Waals surface area (Å²) in [6.45, 7) is 9.18. The van der Waals surface area contributed by atoms with Crippen LogP contribution in [0, 0.1) is 55.4 Å². The van der Waals surface area contributed by atoms with Gasteiger partial charge in [-0.2, -0.15) is 13.5 Å². The molecule has 0 bridgehead atoms. The third-order valence-electron chi connectivity index (χ3n) is 1.78. The largest absolute Gasteiger partial charge is 0.677 e. The number of hydrogen-bond acceptors (Lipinski definition) is 0. The van der Waals surface area contributed by atoms with Crippen LogP contribution in [-0.2, 0) is 0 Å². The van der Waals surface area contributed by atoms with E-state index in [0.29, 0.717) is 17.9 Å². The third kappa shape index (κ3) is 7.85. The van der Waals surface area contributed by atoms with Crippen molar-refractivity contribution in [3.63, 3.8) is 0 Å². The molecule has 0 aromatic rings. The molecule has 10 heavy (non-hydrogen) atoms. The van der Waals surface area contributed by atoms with Gasteiger partial charge in [0, 0.05) is 44.1 Å². The maximum Gasteiger partial charge on any atom is 0 e. The van der Waals surface area contributed by atoms with Gasteiger partial charge in [0.2, 0.25) is 0 Å². The summed E-state index contributed by atoms with van der Waals surface area (Å²) in [6.07, 6.45) is 0. The summed E-state index contributed by atoms with van der Waals surface area (Å²) in [7, 11) is 0. The van der Waals surface area contributed by atoms with Crippen LogP contribution in [0.2, 0.25) is 0 Å². The zero-order chi connectivity index (χ0) is 6.78. The second-order valence-electron chi connectivity index (χ2n) is 3.47. The Morgan fingerprint density at radius 1 is 1.30 bits per heavy atom. The number of nitrogens with one attached hydrogen (secondary N) is 1. The van der Waals surface area contributed by atoms with E-state index in [2.05, 4.69) is 27.7 Å². The fourth-order valence-corrected chi connectivity index (χ4v) is 0.306. The molecule has 1 radical (unpaired) electrons. The minimum atomic E-state index is 0. The quantitative estimate of drug-likeness (QED) is 0.673. The van der Waals surface area contributed by atoms with Crippen LogP contribution < -0.4 is 0 Å². The van der Waals surface area contributed by atoms with Crippen LogP contribution in [0.1, 0.15) is 27.7 Å². The van der Waals surface area contributed by atoms with Gasteiger partial charge in [-0.1, -0.05) is 33.6 Å². The van der Waals surface area contributed by atoms with Crippen molar-refractivity contribution in [2.24, 2.45) is 11.3 Å². The van der Waals surface area contributed by atoms with Crippen molar-refractivity contribution in [2.75, 3.05) is 6.54 Å². The van der Waals surface area contributed by atoms with Gasteiger partial charge in [-0.05, 0) is 5.41 Å². The SMILES string of the molecule is C[C@@H](C[NH-])C(C)(C)C.S.[Ac]. The van der Waals surface area contributed by atoms with Gasteiger partial charge in [0.15, 0.2) is 0 Å². The molecule has 0 fully saturated rings. The van der Waals surface area contributed by atoms with E-state index in [-0.39, 0.29) is 57.6 Å². The van der Waals surface area contributed by atoms with Crippen LogP contribution in [0.25, 0.3) is 5.73 Å². The summed E-state index contributed by atoms with van der Waals surface area (Å²) in [6, 6.07) is 0. The van der Waals surface area contributed by atoms with Gasteiger partial charge < -0.3 is 5.73 Å². The fraction of sp³-hybridized carbons (Fsp3) is 1.00. The molecule has 61 valence electrons. The Kier molecular flexibility index (Phi) is 13.1. The molecule has 0 heterocycles. The first-order valence-electron chi connectivity index (χ1n) is 3.13. The van der Waals surface area contributed by atoms with Gasteiger partial charge in [0.25, 0.3) is 0 Å². The zero-order valence-corrected chi connectivity index (χ0v) is 13.1. The summed E-state index contributed by atoms with van der Waals surface area (Å²) >= 11 is 0. The monoisotopic (exact) mass is 375 g/mol. The topological polar surface area (TPSA) is 23.8 Å². The predicted molar refractivity (Wildman–Crippen MR) is 48.2 cm³/mol. The van der Waals surface area contributed by atoms with E-state index < -0.39 is 0 Å². The average molecular weight is 375 g/mol. The van der Waals surface area contributed by atoms with Crippen molar-refractivity contribution in [2.45, 2.75) is 27.7 Å². The van der Waals surface area contributed by atoms with Crippen molar-refractivity contribution >= 4 is 13.5 Å². The van der Waals surface area contributed by atoms with Gasteiger partial charge in [0.1, 0.15) is 0 Å². The molecule has 1 nitrogen and oxygen atoms in total. The molecule has 0 aromatic carbocycles. The van der Waals surface area contributed by atoms with Crippen molar-refractivity contribution in [1.29, 1.82) is 0 Å². The molecule has 0 amide bonds. The molecule has 0 saturated carbocycles. The normalized spacial score (nSPS) is 12.9. The molecule has 1 N–H and O–H groups in total. The first kappa shape index (κ1) is 17.7. The molecule has 0 saturated heterocycles. The minimum Gasteiger partial charge on any atom is -0.677 e. The molecular weight excluding hydrogens is 357 g/mol. The van der Waals surface area contributed by atoms with Gasteiger partial charge in [0.05, 0.1) is 0 Å². The summed E-state index contributed by atoms with van der Waals surface area (Å²) in [5.41, 5.74) is 7.39. The zero-order valence-electron chi connectivity index (χ0n) is 7.36. The van der Waals surface area contributed by atoms with E-state index in [0.717, 1.165) is 0 Å². The summed E-state index contributed by atoms with van der Waals surface area (Å²) in [5.74, 6) is 0.516. The van der Waals surface area contributed by atoms with E-state index in [4.69, 9.17) is 5.73 Å². The van der Waals surface area contributed by atoms with E-state index >= 15 is 0 Å². The van der Waals surface area contributed by atoms with Crippen molar-refractivity contribution in [3.05, 3.63) is 5.73 Å². The Hall–Kier alpha value is 1.75. The minimum absolute atomic E-state index is 0. The Balaban J connectivity index is -0.000000245. The Labute approximate surface area is 108 Å². The van der Waals surface area contributed by atoms with Crippen LogP contribution in [0.15, 0.2) is 0 Å². The smallest absolute Gasteiger partial charge is 0 e. The van der Waals surface area contributed by atoms with Crippen LogP contribution in [0.4, 0.5) is 0 Å². The van der Waals surface area contributed by atoms with Gasteiger partial charge in [-0.25, -0.2) is 0 Å². The standard InChI is InChI=1S/C7H16N.Ac.H2S/c1-6(5-8)7(2,3)4;;/h6,8H,5H2,1-4H3;;1H2/q-1;;/t6-;;/m0../s1.